The minimum atomic E-state index is -4.34. The number of nitrogens with one attached hydrogen (secondary N) is 2. The zero-order valence-corrected chi connectivity index (χ0v) is 21.2. The van der Waals surface area contributed by atoms with Crippen LogP contribution >= 0.6 is 0 Å². The van der Waals surface area contributed by atoms with Gasteiger partial charge in [-0.15, -0.1) is 0 Å². The Morgan fingerprint density at radius 2 is 1.79 bits per heavy atom. The third-order valence-corrected chi connectivity index (χ3v) is 7.26. The van der Waals surface area contributed by atoms with E-state index in [0.29, 0.717) is 16.8 Å². The van der Waals surface area contributed by atoms with Crippen molar-refractivity contribution in [3.8, 4) is 17.1 Å². The smallest absolute Gasteiger partial charge is 0.323 e. The molecule has 4 heterocycles. The van der Waals surface area contributed by atoms with E-state index in [-0.39, 0.29) is 22.6 Å². The molecule has 39 heavy (non-hydrogen) atoms. The fourth-order valence-corrected chi connectivity index (χ4v) is 4.74. The summed E-state index contributed by atoms with van der Waals surface area (Å²) in [6, 6.07) is 6.49. The van der Waals surface area contributed by atoms with Crippen LogP contribution in [0.5, 0.6) is 6.01 Å². The van der Waals surface area contributed by atoms with Gasteiger partial charge in [-0.25, -0.2) is 23.7 Å². The topological polar surface area (TPSA) is 143 Å². The lowest BCUT2D eigenvalue weighted by Gasteiger charge is -2.20. The quantitative estimate of drug-likeness (QED) is 0.278. The number of pyridine rings is 2. The molecule has 0 amide bonds. The first-order valence-electron chi connectivity index (χ1n) is 11.2. The Bertz CT molecular complexity index is 1800. The highest BCUT2D eigenvalue weighted by Gasteiger charge is 2.27. The Labute approximate surface area is 220 Å². The van der Waals surface area contributed by atoms with Gasteiger partial charge >= 0.3 is 16.2 Å². The number of fused-ring (bicyclic) bond motifs is 1. The molecule has 0 unspecified atom stereocenters. The predicted octanol–water partition coefficient (Wildman–Crippen LogP) is 3.73. The number of hydrogen-bond acceptors (Lipinski definition) is 8. The van der Waals surface area contributed by atoms with E-state index in [4.69, 9.17) is 4.74 Å². The van der Waals surface area contributed by atoms with Crippen LogP contribution in [-0.2, 0) is 10.2 Å². The van der Waals surface area contributed by atoms with Crippen molar-refractivity contribution in [2.45, 2.75) is 0 Å². The predicted molar refractivity (Wildman–Crippen MR) is 139 cm³/mol. The maximum atomic E-state index is 15.5. The Morgan fingerprint density at radius 3 is 2.49 bits per heavy atom. The molecule has 0 saturated carbocycles. The van der Waals surface area contributed by atoms with Gasteiger partial charge in [-0.1, -0.05) is 0 Å². The molecule has 5 rings (SSSR count). The Morgan fingerprint density at radius 1 is 1.05 bits per heavy atom. The van der Waals surface area contributed by atoms with Crippen molar-refractivity contribution < 1.29 is 26.7 Å². The van der Waals surface area contributed by atoms with Gasteiger partial charge in [0.2, 0.25) is 5.78 Å². The maximum Gasteiger partial charge on any atom is 0.323 e. The molecule has 14 heteroatoms. The molecule has 0 radical (unpaired) electrons. The van der Waals surface area contributed by atoms with Crippen molar-refractivity contribution in [3.05, 3.63) is 90.3 Å². The van der Waals surface area contributed by atoms with Gasteiger partial charge in [-0.05, 0) is 30.3 Å². The fraction of sp³-hybridized carbons (Fsp3) is 0.0800. The normalized spacial score (nSPS) is 11.4. The van der Waals surface area contributed by atoms with E-state index in [1.54, 1.807) is 6.07 Å². The second-order valence-electron chi connectivity index (χ2n) is 8.18. The highest BCUT2D eigenvalue weighted by molar-refractivity contribution is 7.94. The first kappa shape index (κ1) is 25.7. The first-order chi connectivity index (χ1) is 18.7. The standard InChI is InChI=1S/C25H19F2N7O4S/c1-34(16-4-3-7-28-12-16)39(36,37)33-20-6-5-19(26)21(22(20)27)23(35)18-13-30-24-17(18)8-14(9-29-24)15-10-31-25(38-2)32-11-15/h3-13,33H,1-2H3,(H,29,30). The van der Waals surface area contributed by atoms with Crippen LogP contribution in [0.25, 0.3) is 22.2 Å². The molecule has 0 saturated heterocycles. The minimum absolute atomic E-state index is 0.0703. The molecule has 0 atom stereocenters. The van der Waals surface area contributed by atoms with Gasteiger partial charge in [-0.3, -0.25) is 18.8 Å². The molecule has 0 aliphatic heterocycles. The first-order valence-corrected chi connectivity index (χ1v) is 12.7. The lowest BCUT2D eigenvalue weighted by molar-refractivity contribution is 0.103. The van der Waals surface area contributed by atoms with Gasteiger partial charge in [0.05, 0.1) is 30.2 Å². The lowest BCUT2D eigenvalue weighted by Crippen LogP contribution is -2.33. The molecule has 5 aromatic rings. The van der Waals surface area contributed by atoms with Crippen molar-refractivity contribution in [1.82, 2.24) is 24.9 Å². The van der Waals surface area contributed by atoms with Crippen LogP contribution in [0.4, 0.5) is 20.2 Å². The number of aromatic amines is 1. The fourth-order valence-electron chi connectivity index (χ4n) is 3.78. The van der Waals surface area contributed by atoms with Gasteiger partial charge in [0, 0.05) is 60.1 Å². The largest absolute Gasteiger partial charge is 0.467 e. The number of rotatable bonds is 8. The molecule has 0 aliphatic carbocycles. The summed E-state index contributed by atoms with van der Waals surface area (Å²) in [5.74, 6) is -3.55. The summed E-state index contributed by atoms with van der Waals surface area (Å²) in [5.41, 5.74) is -0.00150. The SMILES string of the molecule is COc1ncc(-c2cnc3[nH]cc(C(=O)c4c(F)ccc(NS(=O)(=O)N(C)c5cccnc5)c4F)c3c2)cn1. The average molecular weight is 552 g/mol. The maximum absolute atomic E-state index is 15.5. The zero-order chi connectivity index (χ0) is 27.7. The Balaban J connectivity index is 1.51. The molecule has 11 nitrogen and oxygen atoms in total. The van der Waals surface area contributed by atoms with E-state index in [0.717, 1.165) is 16.4 Å². The van der Waals surface area contributed by atoms with Crippen LogP contribution in [-0.4, -0.2) is 53.3 Å². The summed E-state index contributed by atoms with van der Waals surface area (Å²) in [5, 5.41) is 0.286. The van der Waals surface area contributed by atoms with E-state index in [1.807, 2.05) is 0 Å². The Hall–Kier alpha value is -4.98. The zero-order valence-electron chi connectivity index (χ0n) is 20.4. The van der Waals surface area contributed by atoms with Gasteiger partial charge in [0.15, 0.2) is 5.82 Å². The summed E-state index contributed by atoms with van der Waals surface area (Å²) in [6.45, 7) is 0. The molecule has 4 aromatic heterocycles. The third kappa shape index (κ3) is 4.84. The number of carbonyl (C=O) groups is 1. The van der Waals surface area contributed by atoms with Crippen molar-refractivity contribution in [2.24, 2.45) is 0 Å². The van der Waals surface area contributed by atoms with E-state index in [1.165, 1.54) is 63.5 Å². The summed E-state index contributed by atoms with van der Waals surface area (Å²) < 4.78 is 63.9. The number of benzene rings is 1. The van der Waals surface area contributed by atoms with E-state index in [2.05, 4.69) is 29.6 Å². The third-order valence-electron chi connectivity index (χ3n) is 5.85. The number of methoxy groups -OCH3 is 1. The second-order valence-corrected chi connectivity index (χ2v) is 9.88. The van der Waals surface area contributed by atoms with E-state index < -0.39 is 38.9 Å². The van der Waals surface area contributed by atoms with Gasteiger partial charge in [0.1, 0.15) is 11.5 Å². The van der Waals surface area contributed by atoms with Crippen LogP contribution in [0, 0.1) is 11.6 Å². The van der Waals surface area contributed by atoms with E-state index >= 15 is 4.39 Å². The van der Waals surface area contributed by atoms with Crippen molar-refractivity contribution >= 4 is 38.4 Å². The highest BCUT2D eigenvalue weighted by Crippen LogP contribution is 2.30. The van der Waals surface area contributed by atoms with Crippen LogP contribution in [0.15, 0.2) is 67.5 Å². The highest BCUT2D eigenvalue weighted by atomic mass is 32.2. The molecule has 0 aliphatic rings. The van der Waals surface area contributed by atoms with Crippen LogP contribution < -0.4 is 13.8 Å². The molecule has 2 N–H and O–H groups in total. The lowest BCUT2D eigenvalue weighted by atomic mass is 10.0. The molecule has 0 bridgehead atoms. The van der Waals surface area contributed by atoms with Crippen LogP contribution in [0.1, 0.15) is 15.9 Å². The Kier molecular flexibility index (Phi) is 6.62. The number of halogens is 2. The molecular weight excluding hydrogens is 532 g/mol. The minimum Gasteiger partial charge on any atom is -0.467 e. The molecule has 1 aromatic carbocycles. The summed E-state index contributed by atoms with van der Waals surface area (Å²) in [4.78, 5) is 32.4. The van der Waals surface area contributed by atoms with Gasteiger partial charge in [0.25, 0.3) is 0 Å². The number of ketones is 1. The van der Waals surface area contributed by atoms with Gasteiger partial charge < -0.3 is 9.72 Å². The van der Waals surface area contributed by atoms with Gasteiger partial charge in [-0.2, -0.15) is 8.42 Å². The summed E-state index contributed by atoms with van der Waals surface area (Å²) in [6.07, 6.45) is 8.56. The number of H-pyrrole nitrogens is 1. The number of anilines is 2. The van der Waals surface area contributed by atoms with Crippen molar-refractivity contribution in [2.75, 3.05) is 23.2 Å². The second kappa shape index (κ2) is 10.1. The number of nitrogens with zero attached hydrogens (tertiary/aromatic N) is 5. The molecular formula is C25H19F2N7O4S. The number of carbonyl (C=O) groups excluding carboxylic acids is 1. The average Bonchev–Trinajstić information content (AvgIpc) is 3.38. The van der Waals surface area contributed by atoms with Crippen LogP contribution in [0.3, 0.4) is 0 Å². The number of hydrogen-bond donors (Lipinski definition) is 2. The molecule has 198 valence electrons. The summed E-state index contributed by atoms with van der Waals surface area (Å²) in [7, 11) is -1.68. The van der Waals surface area contributed by atoms with Crippen LogP contribution in [0.2, 0.25) is 0 Å². The monoisotopic (exact) mass is 551 g/mol. The van der Waals surface area contributed by atoms with Crippen molar-refractivity contribution in [3.63, 3.8) is 0 Å². The summed E-state index contributed by atoms with van der Waals surface area (Å²) >= 11 is 0. The number of ether oxygens (including phenoxy) is 1. The van der Waals surface area contributed by atoms with Crippen molar-refractivity contribution in [1.29, 1.82) is 0 Å². The molecule has 0 spiro atoms. The number of aromatic nitrogens is 5. The van der Waals surface area contributed by atoms with E-state index in [9.17, 15) is 17.6 Å². The molecule has 0 fully saturated rings.